The molecule has 0 aliphatic rings. The first-order valence-electron chi connectivity index (χ1n) is 8.36. The van der Waals surface area contributed by atoms with Crippen LogP contribution in [0.25, 0.3) is 0 Å². The molecule has 5 nitrogen and oxygen atoms in total. The summed E-state index contributed by atoms with van der Waals surface area (Å²) in [7, 11) is 5.17. The summed E-state index contributed by atoms with van der Waals surface area (Å²) in [6.45, 7) is 7.73. The van der Waals surface area contributed by atoms with E-state index in [2.05, 4.69) is 10.6 Å². The van der Waals surface area contributed by atoms with Gasteiger partial charge in [0.15, 0.2) is 0 Å². The van der Waals surface area contributed by atoms with E-state index in [0.29, 0.717) is 6.42 Å². The maximum atomic E-state index is 13.0. The minimum absolute atomic E-state index is 0.106. The molecule has 0 heterocycles. The Kier molecular flexibility index (Phi) is 6.55. The average Bonchev–Trinajstić information content (AvgIpc) is 2.55. The number of nitrogens with one attached hydrogen (secondary N) is 2. The van der Waals surface area contributed by atoms with Gasteiger partial charge in [-0.1, -0.05) is 51.1 Å². The molecule has 0 spiro atoms. The van der Waals surface area contributed by atoms with Gasteiger partial charge >= 0.3 is 0 Å². The maximum Gasteiger partial charge on any atom is 0.247 e. The zero-order valence-electron chi connectivity index (χ0n) is 15.9. The van der Waals surface area contributed by atoms with Gasteiger partial charge in [-0.05, 0) is 26.0 Å². The summed E-state index contributed by atoms with van der Waals surface area (Å²) in [5.74, 6) is -0.281. The van der Waals surface area contributed by atoms with E-state index in [4.69, 9.17) is 0 Å². The van der Waals surface area contributed by atoms with E-state index in [-0.39, 0.29) is 11.8 Å². The quantitative estimate of drug-likeness (QED) is 0.801. The predicted molar refractivity (Wildman–Crippen MR) is 97.8 cm³/mol. The highest BCUT2D eigenvalue weighted by Crippen LogP contribution is 2.27. The van der Waals surface area contributed by atoms with Crippen LogP contribution in [-0.4, -0.2) is 49.4 Å². The lowest BCUT2D eigenvalue weighted by Gasteiger charge is -2.37. The predicted octanol–water partition coefficient (Wildman–Crippen LogP) is 1.93. The van der Waals surface area contributed by atoms with Crippen LogP contribution in [-0.2, 0) is 15.0 Å². The first kappa shape index (κ1) is 20.2. The maximum absolute atomic E-state index is 13.0. The molecule has 0 fully saturated rings. The van der Waals surface area contributed by atoms with Crippen LogP contribution in [0.1, 0.15) is 39.7 Å². The van der Waals surface area contributed by atoms with E-state index in [1.54, 1.807) is 28.1 Å². The number of nitrogens with zero attached hydrogens (tertiary/aromatic N) is 1. The Bertz CT molecular complexity index is 569. The van der Waals surface area contributed by atoms with E-state index in [1.165, 1.54) is 4.90 Å². The van der Waals surface area contributed by atoms with Crippen LogP contribution in [0.2, 0.25) is 0 Å². The summed E-state index contributed by atoms with van der Waals surface area (Å²) in [5, 5.41) is 6.08. The standard InChI is InChI=1S/C19H31N3O2/c1-8-19(4,17(24)22(6)7)21-16(23)15(20-5)18(2,3)14-12-10-9-11-13-14/h9-13,15,20H,8H2,1-7H3,(H,21,23)/t15-,19?/m1/s1. The molecule has 2 atom stereocenters. The molecule has 0 bridgehead atoms. The Morgan fingerprint density at radius 1 is 1.12 bits per heavy atom. The number of carbonyl (C=O) groups is 2. The molecule has 0 aromatic heterocycles. The van der Waals surface area contributed by atoms with E-state index in [9.17, 15) is 9.59 Å². The van der Waals surface area contributed by atoms with Crippen molar-refractivity contribution in [2.24, 2.45) is 0 Å². The van der Waals surface area contributed by atoms with E-state index >= 15 is 0 Å². The van der Waals surface area contributed by atoms with Crippen molar-refractivity contribution in [2.75, 3.05) is 21.1 Å². The first-order valence-corrected chi connectivity index (χ1v) is 8.36. The van der Waals surface area contributed by atoms with Gasteiger partial charge in [0, 0.05) is 19.5 Å². The van der Waals surface area contributed by atoms with Gasteiger partial charge in [-0.3, -0.25) is 9.59 Å². The van der Waals surface area contributed by atoms with Crippen LogP contribution in [0.5, 0.6) is 0 Å². The fraction of sp³-hybridized carbons (Fsp3) is 0.579. The molecule has 1 aromatic rings. The zero-order chi connectivity index (χ0) is 18.5. The third-order valence-corrected chi connectivity index (χ3v) is 4.77. The zero-order valence-corrected chi connectivity index (χ0v) is 15.9. The molecule has 1 aromatic carbocycles. The van der Waals surface area contributed by atoms with Gasteiger partial charge in [0.2, 0.25) is 11.8 Å². The molecule has 1 rings (SSSR count). The normalized spacial score (nSPS) is 15.3. The van der Waals surface area contributed by atoms with E-state index in [1.807, 2.05) is 51.1 Å². The fourth-order valence-electron chi connectivity index (χ4n) is 2.98. The van der Waals surface area contributed by atoms with Crippen molar-refractivity contribution in [3.05, 3.63) is 35.9 Å². The van der Waals surface area contributed by atoms with Crippen molar-refractivity contribution in [1.82, 2.24) is 15.5 Å². The molecule has 0 radical (unpaired) electrons. The Hall–Kier alpha value is -1.88. The Morgan fingerprint density at radius 3 is 2.08 bits per heavy atom. The monoisotopic (exact) mass is 333 g/mol. The van der Waals surface area contributed by atoms with Crippen molar-refractivity contribution in [3.63, 3.8) is 0 Å². The summed E-state index contributed by atoms with van der Waals surface area (Å²) >= 11 is 0. The summed E-state index contributed by atoms with van der Waals surface area (Å²) in [6, 6.07) is 9.46. The SMILES string of the molecule is CCC(C)(NC(=O)[C@@H](NC)C(C)(C)c1ccccc1)C(=O)N(C)C. The smallest absolute Gasteiger partial charge is 0.247 e. The van der Waals surface area contributed by atoms with Crippen LogP contribution >= 0.6 is 0 Å². The van der Waals surface area contributed by atoms with Crippen LogP contribution in [0, 0.1) is 0 Å². The summed E-state index contributed by atoms with van der Waals surface area (Å²) in [6.07, 6.45) is 0.526. The highest BCUT2D eigenvalue weighted by Gasteiger charge is 2.41. The molecule has 0 saturated heterocycles. The second kappa shape index (κ2) is 7.79. The van der Waals surface area contributed by atoms with Gasteiger partial charge in [-0.2, -0.15) is 0 Å². The lowest BCUT2D eigenvalue weighted by Crippen LogP contribution is -2.62. The van der Waals surface area contributed by atoms with Gasteiger partial charge in [0.1, 0.15) is 5.54 Å². The molecule has 134 valence electrons. The van der Waals surface area contributed by atoms with Crippen LogP contribution in [0.15, 0.2) is 30.3 Å². The number of rotatable bonds is 7. The van der Waals surface area contributed by atoms with Gasteiger partial charge in [0.05, 0.1) is 6.04 Å². The minimum atomic E-state index is -0.914. The highest BCUT2D eigenvalue weighted by atomic mass is 16.2. The van der Waals surface area contributed by atoms with Gasteiger partial charge in [-0.15, -0.1) is 0 Å². The molecular weight excluding hydrogens is 302 g/mol. The van der Waals surface area contributed by atoms with Gasteiger partial charge in [-0.25, -0.2) is 0 Å². The summed E-state index contributed by atoms with van der Waals surface area (Å²) in [5.41, 5.74) is -0.269. The lowest BCUT2D eigenvalue weighted by atomic mass is 9.77. The highest BCUT2D eigenvalue weighted by molar-refractivity contribution is 5.93. The van der Waals surface area contributed by atoms with Crippen LogP contribution < -0.4 is 10.6 Å². The van der Waals surface area contributed by atoms with Gasteiger partial charge in [0.25, 0.3) is 0 Å². The van der Waals surface area contributed by atoms with Crippen molar-refractivity contribution in [1.29, 1.82) is 0 Å². The van der Waals surface area contributed by atoms with Crippen molar-refractivity contribution in [3.8, 4) is 0 Å². The average molecular weight is 333 g/mol. The van der Waals surface area contributed by atoms with Crippen LogP contribution in [0.3, 0.4) is 0 Å². The summed E-state index contributed by atoms with van der Waals surface area (Å²) in [4.78, 5) is 26.9. The number of carbonyl (C=O) groups excluding carboxylic acids is 2. The lowest BCUT2D eigenvalue weighted by molar-refractivity contribution is -0.140. The first-order chi connectivity index (χ1) is 11.1. The van der Waals surface area contributed by atoms with Crippen LogP contribution in [0.4, 0.5) is 0 Å². The fourth-order valence-corrected chi connectivity index (χ4v) is 2.98. The second-order valence-corrected chi connectivity index (χ2v) is 7.18. The Morgan fingerprint density at radius 2 is 1.67 bits per heavy atom. The Labute approximate surface area is 145 Å². The number of benzene rings is 1. The molecular formula is C19H31N3O2. The molecule has 1 unspecified atom stereocenters. The Balaban J connectivity index is 3.08. The molecule has 0 aliphatic heterocycles. The van der Waals surface area contributed by atoms with Gasteiger partial charge < -0.3 is 15.5 Å². The topological polar surface area (TPSA) is 61.4 Å². The number of amides is 2. The molecule has 5 heteroatoms. The van der Waals surface area contributed by atoms with E-state index in [0.717, 1.165) is 5.56 Å². The summed E-state index contributed by atoms with van der Waals surface area (Å²) < 4.78 is 0. The minimum Gasteiger partial charge on any atom is -0.347 e. The van der Waals surface area contributed by atoms with Crippen molar-refractivity contribution < 1.29 is 9.59 Å². The molecule has 2 amide bonds. The number of hydrogen-bond acceptors (Lipinski definition) is 3. The largest absolute Gasteiger partial charge is 0.347 e. The molecule has 0 saturated carbocycles. The third kappa shape index (κ3) is 4.15. The second-order valence-electron chi connectivity index (χ2n) is 7.18. The number of hydrogen-bond donors (Lipinski definition) is 2. The molecule has 0 aliphatic carbocycles. The van der Waals surface area contributed by atoms with Crippen molar-refractivity contribution in [2.45, 2.75) is 51.1 Å². The van der Waals surface area contributed by atoms with E-state index < -0.39 is 17.0 Å². The third-order valence-electron chi connectivity index (χ3n) is 4.77. The molecule has 24 heavy (non-hydrogen) atoms. The van der Waals surface area contributed by atoms with Crippen molar-refractivity contribution >= 4 is 11.8 Å². The molecule has 2 N–H and O–H groups in total. The number of likely N-dealkylation sites (N-methyl/N-ethyl adjacent to an activating group) is 2.